The van der Waals surface area contributed by atoms with Crippen LogP contribution < -0.4 is 4.90 Å². The van der Waals surface area contributed by atoms with Gasteiger partial charge in [-0.2, -0.15) is 0 Å². The molecule has 0 radical (unpaired) electrons. The molecule has 0 aliphatic heterocycles. The van der Waals surface area contributed by atoms with Crippen molar-refractivity contribution in [3.63, 3.8) is 0 Å². The van der Waals surface area contributed by atoms with Crippen molar-refractivity contribution < 1.29 is 9.47 Å². The first kappa shape index (κ1) is 21.1. The molecule has 0 aliphatic carbocycles. The average molecular weight is 388 g/mol. The first-order chi connectivity index (χ1) is 12.7. The molecule has 0 unspecified atom stereocenters. The van der Waals surface area contributed by atoms with E-state index in [2.05, 4.69) is 42.2 Å². The molecule has 0 bridgehead atoms. The van der Waals surface area contributed by atoms with E-state index >= 15 is 0 Å². The molecule has 0 fully saturated rings. The first-order valence-corrected chi connectivity index (χ1v) is 8.79. The third-order valence-electron chi connectivity index (χ3n) is 4.32. The molecule has 0 atom stereocenters. The Morgan fingerprint density at radius 2 is 1.48 bits per heavy atom. The highest BCUT2D eigenvalue weighted by atomic mass is 35.5. The lowest BCUT2D eigenvalue weighted by Crippen LogP contribution is -2.31. The molecule has 2 aromatic carbocycles. The molecular formula is C21H26ClN3O2. The van der Waals surface area contributed by atoms with Crippen molar-refractivity contribution in [2.75, 3.05) is 45.4 Å². The smallest absolute Gasteiger partial charge is 0.162 e. The van der Waals surface area contributed by atoms with Gasteiger partial charge in [0.1, 0.15) is 5.82 Å². The predicted molar refractivity (Wildman–Crippen MR) is 113 cm³/mol. The number of ether oxygens (including phenoxy) is 2. The molecule has 0 aliphatic rings. The summed E-state index contributed by atoms with van der Waals surface area (Å²) in [5.41, 5.74) is 3.17. The van der Waals surface area contributed by atoms with Gasteiger partial charge < -0.3 is 14.4 Å². The quantitative estimate of drug-likeness (QED) is 0.581. The number of nitrogens with zero attached hydrogens (tertiary/aromatic N) is 3. The Bertz CT molecular complexity index is 848. The zero-order valence-electron chi connectivity index (χ0n) is 16.0. The van der Waals surface area contributed by atoms with E-state index in [-0.39, 0.29) is 12.4 Å². The van der Waals surface area contributed by atoms with Crippen LogP contribution in [-0.2, 0) is 9.47 Å². The van der Waals surface area contributed by atoms with Crippen molar-refractivity contribution in [1.29, 1.82) is 0 Å². The minimum Gasteiger partial charge on any atom is -0.383 e. The number of hydrogen-bond donors (Lipinski definition) is 0. The standard InChI is InChI=1S/C21H25N3O2.ClH/c1-16-8-10-17(11-9-16)20-22-19-7-5-4-6-18(19)21(23-20)24(12-14-25-2)13-15-26-3;/h4-11H,12-15H2,1-3H3;1H. The third-order valence-corrected chi connectivity index (χ3v) is 4.32. The Morgan fingerprint density at radius 1 is 0.852 bits per heavy atom. The highest BCUT2D eigenvalue weighted by Crippen LogP contribution is 2.27. The van der Waals surface area contributed by atoms with E-state index in [1.807, 2.05) is 18.2 Å². The van der Waals surface area contributed by atoms with Crippen molar-refractivity contribution in [2.45, 2.75) is 6.92 Å². The number of halogens is 1. The molecule has 0 amide bonds. The van der Waals surface area contributed by atoms with E-state index in [1.165, 1.54) is 5.56 Å². The SMILES string of the molecule is COCCN(CCOC)c1nc(-c2ccc(C)cc2)nc2ccccc12.Cl. The summed E-state index contributed by atoms with van der Waals surface area (Å²) in [6.07, 6.45) is 0. The number of aromatic nitrogens is 2. The first-order valence-electron chi connectivity index (χ1n) is 8.79. The predicted octanol–water partition coefficient (Wildman–Crippen LogP) is 4.13. The van der Waals surface area contributed by atoms with Gasteiger partial charge in [0.05, 0.1) is 18.7 Å². The van der Waals surface area contributed by atoms with Gasteiger partial charge in [-0.05, 0) is 19.1 Å². The fourth-order valence-electron chi connectivity index (χ4n) is 2.86. The monoisotopic (exact) mass is 387 g/mol. The minimum atomic E-state index is 0. The molecule has 0 spiro atoms. The van der Waals surface area contributed by atoms with Crippen LogP contribution in [0.3, 0.4) is 0 Å². The van der Waals surface area contributed by atoms with Crippen molar-refractivity contribution >= 4 is 29.1 Å². The van der Waals surface area contributed by atoms with Gasteiger partial charge in [0.15, 0.2) is 5.82 Å². The van der Waals surface area contributed by atoms with Gasteiger partial charge in [-0.1, -0.05) is 42.0 Å². The number of anilines is 1. The molecule has 0 saturated carbocycles. The summed E-state index contributed by atoms with van der Waals surface area (Å²) < 4.78 is 10.6. The zero-order valence-corrected chi connectivity index (χ0v) is 16.8. The Kier molecular flexibility index (Phi) is 7.98. The molecule has 3 aromatic rings. The van der Waals surface area contributed by atoms with E-state index in [9.17, 15) is 0 Å². The molecule has 3 rings (SSSR count). The Balaban J connectivity index is 0.00000261. The second-order valence-corrected chi connectivity index (χ2v) is 6.23. The fourth-order valence-corrected chi connectivity index (χ4v) is 2.86. The topological polar surface area (TPSA) is 47.5 Å². The fraction of sp³-hybridized carbons (Fsp3) is 0.333. The Labute approximate surface area is 166 Å². The maximum Gasteiger partial charge on any atom is 0.162 e. The summed E-state index contributed by atoms with van der Waals surface area (Å²) in [5, 5.41) is 1.04. The van der Waals surface area contributed by atoms with E-state index in [0.29, 0.717) is 13.2 Å². The van der Waals surface area contributed by atoms with Crippen LogP contribution in [0.4, 0.5) is 5.82 Å². The molecule has 0 saturated heterocycles. The van der Waals surface area contributed by atoms with Crippen molar-refractivity contribution in [3.05, 3.63) is 54.1 Å². The normalized spacial score (nSPS) is 10.6. The Morgan fingerprint density at radius 3 is 2.11 bits per heavy atom. The molecule has 6 heteroatoms. The van der Waals surface area contributed by atoms with Gasteiger partial charge in [0.2, 0.25) is 0 Å². The number of fused-ring (bicyclic) bond motifs is 1. The second kappa shape index (κ2) is 10.2. The molecular weight excluding hydrogens is 362 g/mol. The summed E-state index contributed by atoms with van der Waals surface area (Å²) in [6, 6.07) is 16.4. The summed E-state index contributed by atoms with van der Waals surface area (Å²) >= 11 is 0. The number of aryl methyl sites for hydroxylation is 1. The van der Waals surface area contributed by atoms with Gasteiger partial charge in [-0.3, -0.25) is 0 Å². The number of para-hydroxylation sites is 1. The molecule has 1 heterocycles. The summed E-state index contributed by atoms with van der Waals surface area (Å²) in [7, 11) is 3.43. The van der Waals surface area contributed by atoms with Crippen molar-refractivity contribution in [3.8, 4) is 11.4 Å². The van der Waals surface area contributed by atoms with Crippen LogP contribution in [0.1, 0.15) is 5.56 Å². The van der Waals surface area contributed by atoms with Gasteiger partial charge >= 0.3 is 0 Å². The maximum absolute atomic E-state index is 5.29. The van der Waals surface area contributed by atoms with E-state index in [4.69, 9.17) is 19.4 Å². The number of methoxy groups -OCH3 is 2. The summed E-state index contributed by atoms with van der Waals surface area (Å²) in [6.45, 7) is 4.82. The number of benzene rings is 2. The van der Waals surface area contributed by atoms with Crippen LogP contribution in [0.15, 0.2) is 48.5 Å². The second-order valence-electron chi connectivity index (χ2n) is 6.23. The maximum atomic E-state index is 5.29. The van der Waals surface area contributed by atoms with Crippen LogP contribution in [-0.4, -0.2) is 50.5 Å². The Hall–Kier alpha value is -2.21. The molecule has 1 aromatic heterocycles. The van der Waals surface area contributed by atoms with Crippen molar-refractivity contribution in [1.82, 2.24) is 9.97 Å². The van der Waals surface area contributed by atoms with E-state index in [1.54, 1.807) is 14.2 Å². The molecule has 27 heavy (non-hydrogen) atoms. The lowest BCUT2D eigenvalue weighted by Gasteiger charge is -2.25. The summed E-state index contributed by atoms with van der Waals surface area (Å²) in [4.78, 5) is 11.9. The highest BCUT2D eigenvalue weighted by molar-refractivity contribution is 5.91. The van der Waals surface area contributed by atoms with Crippen LogP contribution in [0.2, 0.25) is 0 Å². The number of hydrogen-bond acceptors (Lipinski definition) is 5. The van der Waals surface area contributed by atoms with Crippen LogP contribution in [0, 0.1) is 6.92 Å². The van der Waals surface area contributed by atoms with Gasteiger partial charge in [-0.15, -0.1) is 12.4 Å². The number of rotatable bonds is 8. The zero-order chi connectivity index (χ0) is 18.4. The lowest BCUT2D eigenvalue weighted by atomic mass is 10.1. The minimum absolute atomic E-state index is 0. The molecule has 0 N–H and O–H groups in total. The van der Waals surface area contributed by atoms with E-state index < -0.39 is 0 Å². The van der Waals surface area contributed by atoms with Crippen LogP contribution >= 0.6 is 12.4 Å². The van der Waals surface area contributed by atoms with Gasteiger partial charge in [0.25, 0.3) is 0 Å². The molecule has 5 nitrogen and oxygen atoms in total. The van der Waals surface area contributed by atoms with Crippen molar-refractivity contribution in [2.24, 2.45) is 0 Å². The lowest BCUT2D eigenvalue weighted by molar-refractivity contribution is 0.190. The van der Waals surface area contributed by atoms with Gasteiger partial charge in [-0.25, -0.2) is 9.97 Å². The van der Waals surface area contributed by atoms with Crippen LogP contribution in [0.5, 0.6) is 0 Å². The van der Waals surface area contributed by atoms with Crippen LogP contribution in [0.25, 0.3) is 22.3 Å². The molecule has 144 valence electrons. The average Bonchev–Trinajstić information content (AvgIpc) is 2.68. The van der Waals surface area contributed by atoms with Gasteiger partial charge in [0, 0.05) is 38.3 Å². The third kappa shape index (κ3) is 5.16. The highest BCUT2D eigenvalue weighted by Gasteiger charge is 2.15. The summed E-state index contributed by atoms with van der Waals surface area (Å²) in [5.74, 6) is 1.65. The van der Waals surface area contributed by atoms with E-state index in [0.717, 1.165) is 41.2 Å². The largest absolute Gasteiger partial charge is 0.383 e.